The topological polar surface area (TPSA) is 30.2 Å². The van der Waals surface area contributed by atoms with E-state index in [4.69, 9.17) is 0 Å². The van der Waals surface area contributed by atoms with Gasteiger partial charge in [-0.05, 0) is 5.92 Å². The predicted octanol–water partition coefficient (Wildman–Crippen LogP) is 1.59. The smallest absolute Gasteiger partial charge is 0.150 e. The van der Waals surface area contributed by atoms with Crippen molar-refractivity contribution in [2.75, 3.05) is 0 Å². The number of nitrogens with zero attached hydrogens (tertiary/aromatic N) is 3. The van der Waals surface area contributed by atoms with E-state index in [1.165, 1.54) is 6.20 Å². The third kappa shape index (κ3) is 2.28. The predicted molar refractivity (Wildman–Crippen MR) is 53.1 cm³/mol. The molecule has 0 bridgehead atoms. The van der Waals surface area contributed by atoms with Crippen LogP contribution in [0.5, 0.6) is 0 Å². The lowest BCUT2D eigenvalue weighted by Crippen LogP contribution is -2.18. The molecular weight excluding hydrogens is 162 g/mol. The van der Waals surface area contributed by atoms with E-state index in [1.807, 2.05) is 17.8 Å². The van der Waals surface area contributed by atoms with E-state index in [9.17, 15) is 0 Å². The maximum absolute atomic E-state index is 4.30. The number of hydrogen-bond acceptors (Lipinski definition) is 2. The van der Waals surface area contributed by atoms with Crippen LogP contribution in [-0.4, -0.2) is 9.55 Å². The van der Waals surface area contributed by atoms with Crippen LogP contribution in [0.15, 0.2) is 30.2 Å². The van der Waals surface area contributed by atoms with Crippen LogP contribution >= 0.6 is 0 Å². The molecule has 0 amide bonds. The van der Waals surface area contributed by atoms with Gasteiger partial charge in [-0.25, -0.2) is 4.99 Å². The molecule has 1 rings (SSSR count). The van der Waals surface area contributed by atoms with Crippen LogP contribution in [0.3, 0.4) is 0 Å². The Morgan fingerprint density at radius 2 is 2.31 bits per heavy atom. The van der Waals surface area contributed by atoms with Crippen LogP contribution in [0.4, 0.5) is 0 Å². The highest BCUT2D eigenvalue weighted by molar-refractivity contribution is 5.01. The number of rotatable bonds is 2. The maximum atomic E-state index is 4.30. The maximum Gasteiger partial charge on any atom is 0.150 e. The van der Waals surface area contributed by atoms with Crippen molar-refractivity contribution in [1.82, 2.24) is 9.55 Å². The Hall–Kier alpha value is -1.38. The van der Waals surface area contributed by atoms with Crippen molar-refractivity contribution in [2.45, 2.75) is 19.8 Å². The van der Waals surface area contributed by atoms with Crippen molar-refractivity contribution in [3.8, 4) is 0 Å². The molecule has 0 fully saturated rings. The average Bonchev–Trinajstić information content (AvgIpc) is 2.08. The van der Waals surface area contributed by atoms with Gasteiger partial charge in [0, 0.05) is 19.4 Å². The third-order valence-electron chi connectivity index (χ3n) is 1.83. The summed E-state index contributed by atoms with van der Waals surface area (Å²) >= 11 is 0. The first-order chi connectivity index (χ1) is 6.15. The van der Waals surface area contributed by atoms with Gasteiger partial charge in [0.05, 0.1) is 11.9 Å². The van der Waals surface area contributed by atoms with Crippen molar-refractivity contribution in [3.63, 3.8) is 0 Å². The van der Waals surface area contributed by atoms with Crippen LogP contribution in [0, 0.1) is 0 Å². The molecule has 1 heterocycles. The van der Waals surface area contributed by atoms with Crippen LogP contribution in [0.1, 0.15) is 25.5 Å². The molecule has 1 aromatic rings. The minimum atomic E-state index is 0.448. The summed E-state index contributed by atoms with van der Waals surface area (Å²) in [5, 5.41) is 0. The van der Waals surface area contributed by atoms with Crippen LogP contribution in [-0.2, 0) is 7.05 Å². The molecule has 1 aromatic heterocycles. The molecule has 0 aliphatic rings. The third-order valence-corrected chi connectivity index (χ3v) is 1.83. The van der Waals surface area contributed by atoms with Crippen molar-refractivity contribution in [3.05, 3.63) is 36.4 Å². The number of hydrogen-bond donors (Lipinski definition) is 0. The van der Waals surface area contributed by atoms with E-state index in [0.717, 1.165) is 11.2 Å². The molecule has 0 unspecified atom stereocenters. The zero-order valence-electron chi connectivity index (χ0n) is 8.36. The van der Waals surface area contributed by atoms with E-state index in [2.05, 4.69) is 30.4 Å². The van der Waals surface area contributed by atoms with Crippen LogP contribution in [0.25, 0.3) is 0 Å². The molecule has 0 atom stereocenters. The summed E-state index contributed by atoms with van der Waals surface area (Å²) in [5.41, 5.74) is 1.89. The summed E-state index contributed by atoms with van der Waals surface area (Å²) in [5.74, 6) is 0.448. The van der Waals surface area contributed by atoms with Gasteiger partial charge in [0.15, 0.2) is 5.49 Å². The van der Waals surface area contributed by atoms with Crippen molar-refractivity contribution in [2.24, 2.45) is 12.0 Å². The fraction of sp³-hybridized carbons (Fsp3) is 0.400. The van der Waals surface area contributed by atoms with Gasteiger partial charge in [-0.1, -0.05) is 20.4 Å². The first kappa shape index (κ1) is 9.71. The lowest BCUT2D eigenvalue weighted by molar-refractivity contribution is 0.741. The SMILES string of the molecule is C=CN=c1cnc(C(C)C)cn1C. The molecule has 0 saturated heterocycles. The lowest BCUT2D eigenvalue weighted by Gasteiger charge is -2.06. The van der Waals surface area contributed by atoms with Gasteiger partial charge < -0.3 is 4.57 Å². The highest BCUT2D eigenvalue weighted by Gasteiger charge is 1.99. The quantitative estimate of drug-likeness (QED) is 0.674. The summed E-state index contributed by atoms with van der Waals surface area (Å²) in [6, 6.07) is 0. The van der Waals surface area contributed by atoms with E-state index in [-0.39, 0.29) is 0 Å². The molecule has 0 aliphatic carbocycles. The van der Waals surface area contributed by atoms with Gasteiger partial charge >= 0.3 is 0 Å². The summed E-state index contributed by atoms with van der Waals surface area (Å²) in [6.07, 6.45) is 5.27. The van der Waals surface area contributed by atoms with Gasteiger partial charge in [0.2, 0.25) is 0 Å². The Morgan fingerprint density at radius 1 is 1.62 bits per heavy atom. The van der Waals surface area contributed by atoms with Gasteiger partial charge in [-0.15, -0.1) is 0 Å². The monoisotopic (exact) mass is 177 g/mol. The Bertz CT molecular complexity index is 361. The molecule has 13 heavy (non-hydrogen) atoms. The van der Waals surface area contributed by atoms with Gasteiger partial charge in [0.25, 0.3) is 0 Å². The van der Waals surface area contributed by atoms with E-state index >= 15 is 0 Å². The second kappa shape index (κ2) is 4.03. The zero-order chi connectivity index (χ0) is 9.84. The molecule has 3 nitrogen and oxygen atoms in total. The number of aromatic nitrogens is 2. The zero-order valence-corrected chi connectivity index (χ0v) is 8.36. The lowest BCUT2D eigenvalue weighted by atomic mass is 10.1. The summed E-state index contributed by atoms with van der Waals surface area (Å²) in [6.45, 7) is 7.78. The fourth-order valence-electron chi connectivity index (χ4n) is 1.04. The molecule has 70 valence electrons. The van der Waals surface area contributed by atoms with E-state index in [0.29, 0.717) is 5.92 Å². The Balaban J connectivity index is 3.20. The molecule has 0 spiro atoms. The number of aryl methyl sites for hydroxylation is 1. The Morgan fingerprint density at radius 3 is 2.77 bits per heavy atom. The average molecular weight is 177 g/mol. The highest BCUT2D eigenvalue weighted by Crippen LogP contribution is 2.07. The fourth-order valence-corrected chi connectivity index (χ4v) is 1.04. The summed E-state index contributed by atoms with van der Waals surface area (Å²) in [4.78, 5) is 8.37. The van der Waals surface area contributed by atoms with Gasteiger partial charge in [-0.2, -0.15) is 0 Å². The first-order valence-corrected chi connectivity index (χ1v) is 4.32. The van der Waals surface area contributed by atoms with Crippen molar-refractivity contribution < 1.29 is 0 Å². The van der Waals surface area contributed by atoms with E-state index in [1.54, 1.807) is 6.20 Å². The standard InChI is InChI=1S/C10H15N3/c1-5-11-10-6-12-9(8(2)3)7-13(10)4/h5-8H,1H2,2-4H3. The van der Waals surface area contributed by atoms with Crippen LogP contribution < -0.4 is 5.49 Å². The van der Waals surface area contributed by atoms with Gasteiger partial charge in [-0.3, -0.25) is 4.98 Å². The van der Waals surface area contributed by atoms with Crippen molar-refractivity contribution in [1.29, 1.82) is 0 Å². The highest BCUT2D eigenvalue weighted by atomic mass is 15.0. The van der Waals surface area contributed by atoms with Crippen LogP contribution in [0.2, 0.25) is 0 Å². The molecule has 0 radical (unpaired) electrons. The molecular formula is C10H15N3. The van der Waals surface area contributed by atoms with Crippen molar-refractivity contribution >= 4 is 0 Å². The summed E-state index contributed by atoms with van der Waals surface area (Å²) in [7, 11) is 1.95. The second-order valence-electron chi connectivity index (χ2n) is 3.25. The molecule has 0 saturated carbocycles. The van der Waals surface area contributed by atoms with Gasteiger partial charge in [0.1, 0.15) is 0 Å². The normalized spacial score (nSPS) is 12.2. The molecule has 0 aliphatic heterocycles. The minimum absolute atomic E-state index is 0.448. The summed E-state index contributed by atoms with van der Waals surface area (Å²) < 4.78 is 1.95. The minimum Gasteiger partial charge on any atom is -0.333 e. The second-order valence-corrected chi connectivity index (χ2v) is 3.25. The molecule has 0 N–H and O–H groups in total. The molecule has 3 heteroatoms. The largest absolute Gasteiger partial charge is 0.333 e. The molecule has 0 aromatic carbocycles. The Labute approximate surface area is 78.5 Å². The van der Waals surface area contributed by atoms with E-state index < -0.39 is 0 Å². The Kier molecular flexibility index (Phi) is 3.01. The first-order valence-electron chi connectivity index (χ1n) is 4.32.